The Balaban J connectivity index is 1.43. The predicted octanol–water partition coefficient (Wildman–Crippen LogP) is 5.16. The van der Waals surface area contributed by atoms with Gasteiger partial charge in [-0.05, 0) is 62.4 Å². The summed E-state index contributed by atoms with van der Waals surface area (Å²) in [6, 6.07) is 18.6. The van der Waals surface area contributed by atoms with Gasteiger partial charge in [0.2, 0.25) is 0 Å². The number of aromatic nitrogens is 2. The van der Waals surface area contributed by atoms with Gasteiger partial charge >= 0.3 is 0 Å². The number of hydrogen-bond donors (Lipinski definition) is 1. The standard InChI is InChI=1S/C23H21N3O3S/c1-3-28-18-9-11-19(12-10-18)29-15(2)21(27)25-17-7-4-6-16(14-17)22-26-20-8-5-13-24-23(20)30-22/h4-15H,3H2,1-2H3,(H,25,27). The number of carbonyl (C=O) groups is 1. The highest BCUT2D eigenvalue weighted by atomic mass is 32.1. The van der Waals surface area contributed by atoms with Gasteiger partial charge in [-0.15, -0.1) is 0 Å². The largest absolute Gasteiger partial charge is 0.494 e. The van der Waals surface area contributed by atoms with E-state index in [0.29, 0.717) is 18.0 Å². The Labute approximate surface area is 178 Å². The fraction of sp³-hybridized carbons (Fsp3) is 0.174. The van der Waals surface area contributed by atoms with Crippen molar-refractivity contribution in [2.75, 3.05) is 11.9 Å². The van der Waals surface area contributed by atoms with Crippen molar-refractivity contribution < 1.29 is 14.3 Å². The molecule has 2 aromatic carbocycles. The Morgan fingerprint density at radius 3 is 2.67 bits per heavy atom. The van der Waals surface area contributed by atoms with E-state index in [9.17, 15) is 4.79 Å². The lowest BCUT2D eigenvalue weighted by molar-refractivity contribution is -0.122. The minimum atomic E-state index is -0.654. The van der Waals surface area contributed by atoms with Crippen LogP contribution in [-0.2, 0) is 4.79 Å². The van der Waals surface area contributed by atoms with Crippen LogP contribution in [0, 0.1) is 0 Å². The molecule has 152 valence electrons. The van der Waals surface area contributed by atoms with Gasteiger partial charge in [-0.25, -0.2) is 9.97 Å². The van der Waals surface area contributed by atoms with Gasteiger partial charge in [0.15, 0.2) is 6.10 Å². The number of fused-ring (bicyclic) bond motifs is 1. The first-order valence-electron chi connectivity index (χ1n) is 9.65. The molecule has 7 heteroatoms. The summed E-state index contributed by atoms with van der Waals surface area (Å²) >= 11 is 1.52. The second-order valence-corrected chi connectivity index (χ2v) is 7.56. The first kappa shape index (κ1) is 19.8. The average molecular weight is 420 g/mol. The number of nitrogens with one attached hydrogen (secondary N) is 1. The van der Waals surface area contributed by atoms with Gasteiger partial charge < -0.3 is 14.8 Å². The van der Waals surface area contributed by atoms with E-state index in [0.717, 1.165) is 26.7 Å². The number of hydrogen-bond acceptors (Lipinski definition) is 6. The zero-order valence-electron chi connectivity index (χ0n) is 16.7. The molecule has 0 fully saturated rings. The van der Waals surface area contributed by atoms with Crippen LogP contribution in [-0.4, -0.2) is 28.6 Å². The third kappa shape index (κ3) is 4.58. The van der Waals surface area contributed by atoms with Crippen molar-refractivity contribution in [1.82, 2.24) is 9.97 Å². The molecule has 0 saturated heterocycles. The van der Waals surface area contributed by atoms with E-state index in [2.05, 4.69) is 15.3 Å². The zero-order chi connectivity index (χ0) is 20.9. The van der Waals surface area contributed by atoms with Crippen LogP contribution in [0.4, 0.5) is 5.69 Å². The van der Waals surface area contributed by atoms with Gasteiger partial charge in [-0.3, -0.25) is 4.79 Å². The fourth-order valence-electron chi connectivity index (χ4n) is 2.91. The Bertz CT molecular complexity index is 1120. The van der Waals surface area contributed by atoms with E-state index in [1.165, 1.54) is 11.3 Å². The number of thiazole rings is 1. The Morgan fingerprint density at radius 2 is 1.90 bits per heavy atom. The first-order valence-corrected chi connectivity index (χ1v) is 10.5. The van der Waals surface area contributed by atoms with Crippen LogP contribution in [0.1, 0.15) is 13.8 Å². The van der Waals surface area contributed by atoms with Crippen LogP contribution in [0.5, 0.6) is 11.5 Å². The molecule has 4 aromatic rings. The van der Waals surface area contributed by atoms with E-state index in [1.54, 1.807) is 25.3 Å². The van der Waals surface area contributed by atoms with Gasteiger partial charge in [-0.2, -0.15) is 0 Å². The highest BCUT2D eigenvalue weighted by Gasteiger charge is 2.16. The van der Waals surface area contributed by atoms with Crippen LogP contribution in [0.3, 0.4) is 0 Å². The highest BCUT2D eigenvalue weighted by Crippen LogP contribution is 2.30. The zero-order valence-corrected chi connectivity index (χ0v) is 17.5. The maximum atomic E-state index is 12.6. The molecule has 1 amide bonds. The number of amides is 1. The monoisotopic (exact) mass is 419 g/mol. The van der Waals surface area contributed by atoms with Crippen LogP contribution >= 0.6 is 11.3 Å². The summed E-state index contributed by atoms with van der Waals surface area (Å²) in [5, 5.41) is 3.77. The van der Waals surface area contributed by atoms with Gasteiger partial charge in [-0.1, -0.05) is 23.5 Å². The topological polar surface area (TPSA) is 73.3 Å². The molecule has 0 spiro atoms. The van der Waals surface area contributed by atoms with Crippen molar-refractivity contribution in [1.29, 1.82) is 0 Å². The van der Waals surface area contributed by atoms with Crippen molar-refractivity contribution in [2.24, 2.45) is 0 Å². The van der Waals surface area contributed by atoms with Crippen molar-refractivity contribution in [3.8, 4) is 22.1 Å². The minimum Gasteiger partial charge on any atom is -0.494 e. The van der Waals surface area contributed by atoms with Crippen LogP contribution < -0.4 is 14.8 Å². The Hall–Kier alpha value is -3.45. The Morgan fingerprint density at radius 1 is 1.10 bits per heavy atom. The number of benzene rings is 2. The van der Waals surface area contributed by atoms with Gasteiger partial charge in [0.1, 0.15) is 26.9 Å². The van der Waals surface area contributed by atoms with Gasteiger partial charge in [0.25, 0.3) is 5.91 Å². The van der Waals surface area contributed by atoms with Crippen LogP contribution in [0.15, 0.2) is 66.9 Å². The number of anilines is 1. The fourth-order valence-corrected chi connectivity index (χ4v) is 3.81. The predicted molar refractivity (Wildman–Crippen MR) is 119 cm³/mol. The van der Waals surface area contributed by atoms with Gasteiger partial charge in [0, 0.05) is 17.4 Å². The second-order valence-electron chi connectivity index (χ2n) is 6.58. The number of ether oxygens (including phenoxy) is 2. The van der Waals surface area contributed by atoms with Crippen LogP contribution in [0.2, 0.25) is 0 Å². The molecule has 1 unspecified atom stereocenters. The molecule has 0 aliphatic carbocycles. The molecule has 30 heavy (non-hydrogen) atoms. The lowest BCUT2D eigenvalue weighted by atomic mass is 10.2. The summed E-state index contributed by atoms with van der Waals surface area (Å²) in [4.78, 5) is 22.4. The van der Waals surface area contributed by atoms with E-state index in [-0.39, 0.29) is 5.91 Å². The second kappa shape index (κ2) is 8.92. The molecule has 0 aliphatic heterocycles. The van der Waals surface area contributed by atoms with E-state index >= 15 is 0 Å². The van der Waals surface area contributed by atoms with Gasteiger partial charge in [0.05, 0.1) is 6.61 Å². The molecule has 4 rings (SSSR count). The van der Waals surface area contributed by atoms with Crippen LogP contribution in [0.25, 0.3) is 20.9 Å². The maximum Gasteiger partial charge on any atom is 0.265 e. The smallest absolute Gasteiger partial charge is 0.265 e. The number of nitrogens with zero attached hydrogens (tertiary/aromatic N) is 2. The van der Waals surface area contributed by atoms with E-state index < -0.39 is 6.10 Å². The molecule has 0 aliphatic rings. The average Bonchev–Trinajstić information content (AvgIpc) is 3.20. The molecule has 6 nitrogen and oxygen atoms in total. The molecule has 1 atom stereocenters. The number of carbonyl (C=O) groups excluding carboxylic acids is 1. The summed E-state index contributed by atoms with van der Waals surface area (Å²) in [5.41, 5.74) is 2.48. The third-order valence-corrected chi connectivity index (χ3v) is 5.39. The minimum absolute atomic E-state index is 0.230. The van der Waals surface area contributed by atoms with Crippen molar-refractivity contribution >= 4 is 33.3 Å². The highest BCUT2D eigenvalue weighted by molar-refractivity contribution is 7.21. The maximum absolute atomic E-state index is 12.6. The summed E-state index contributed by atoms with van der Waals surface area (Å²) in [6.45, 7) is 4.25. The van der Waals surface area contributed by atoms with E-state index in [4.69, 9.17) is 9.47 Å². The normalized spacial score (nSPS) is 11.8. The molecule has 0 saturated carbocycles. The summed E-state index contributed by atoms with van der Waals surface area (Å²) in [6.07, 6.45) is 1.10. The van der Waals surface area contributed by atoms with Crippen molar-refractivity contribution in [3.05, 3.63) is 66.9 Å². The molecule has 1 N–H and O–H groups in total. The lowest BCUT2D eigenvalue weighted by Gasteiger charge is -2.15. The van der Waals surface area contributed by atoms with Crippen molar-refractivity contribution in [2.45, 2.75) is 20.0 Å². The summed E-state index contributed by atoms with van der Waals surface area (Å²) in [5.74, 6) is 1.15. The summed E-state index contributed by atoms with van der Waals surface area (Å²) < 4.78 is 11.2. The Kier molecular flexibility index (Phi) is 5.90. The summed E-state index contributed by atoms with van der Waals surface area (Å²) in [7, 11) is 0. The molecular weight excluding hydrogens is 398 g/mol. The van der Waals surface area contributed by atoms with Crippen molar-refractivity contribution in [3.63, 3.8) is 0 Å². The lowest BCUT2D eigenvalue weighted by Crippen LogP contribution is -2.30. The van der Waals surface area contributed by atoms with E-state index in [1.807, 2.05) is 55.5 Å². The molecule has 2 heterocycles. The first-order chi connectivity index (χ1) is 14.6. The third-order valence-electron chi connectivity index (χ3n) is 4.36. The quantitative estimate of drug-likeness (QED) is 0.448. The molecule has 0 bridgehead atoms. The SMILES string of the molecule is CCOc1ccc(OC(C)C(=O)Nc2cccc(-c3nc4cccnc4s3)c2)cc1. The molecular formula is C23H21N3O3S. The number of rotatable bonds is 7. The molecule has 0 radical (unpaired) electrons. The molecule has 2 aromatic heterocycles. The number of pyridine rings is 1.